The summed E-state index contributed by atoms with van der Waals surface area (Å²) in [6, 6.07) is -6.60. The first kappa shape index (κ1) is 42.8. The molecule has 4 N–H and O–H groups in total. The van der Waals surface area contributed by atoms with Gasteiger partial charge in [0, 0.05) is 28.2 Å². The molecule has 9 atom stereocenters. The summed E-state index contributed by atoms with van der Waals surface area (Å²) in [6.45, 7) is 17.7. The van der Waals surface area contributed by atoms with E-state index in [1.54, 1.807) is 20.8 Å². The molecule has 14 heteroatoms. The van der Waals surface area contributed by atoms with E-state index in [9.17, 15) is 33.9 Å². The number of carbonyl (C=O) groups excluding carboxylic acids is 6. The molecular weight excluding hydrogens is 618 g/mol. The second-order valence-electron chi connectivity index (χ2n) is 14.4. The highest BCUT2D eigenvalue weighted by molar-refractivity contribution is 5.96. The maximum Gasteiger partial charge on any atom is 0.245 e. The molecule has 48 heavy (non-hydrogen) atoms. The molecule has 1 aliphatic rings. The van der Waals surface area contributed by atoms with Crippen LogP contribution < -0.4 is 16.0 Å². The van der Waals surface area contributed by atoms with Crippen molar-refractivity contribution in [2.24, 2.45) is 17.8 Å². The minimum absolute atomic E-state index is 0.00605. The Labute approximate surface area is 287 Å². The van der Waals surface area contributed by atoms with Crippen molar-refractivity contribution >= 4 is 35.4 Å². The number of aliphatic hydroxyl groups is 1. The molecule has 0 aliphatic carbocycles. The van der Waals surface area contributed by atoms with Crippen LogP contribution >= 0.6 is 0 Å². The summed E-state index contributed by atoms with van der Waals surface area (Å²) in [4.78, 5) is 87.4. The van der Waals surface area contributed by atoms with Gasteiger partial charge in [0.2, 0.25) is 35.4 Å². The molecule has 6 amide bonds. The predicted molar refractivity (Wildman–Crippen MR) is 184 cm³/mol. The van der Waals surface area contributed by atoms with E-state index in [0.717, 1.165) is 0 Å². The van der Waals surface area contributed by atoms with Gasteiger partial charge in [0.25, 0.3) is 0 Å². The molecule has 0 spiro atoms. The Kier molecular flexibility index (Phi) is 16.5. The summed E-state index contributed by atoms with van der Waals surface area (Å²) >= 11 is 0. The van der Waals surface area contributed by atoms with Crippen molar-refractivity contribution < 1.29 is 33.9 Å². The first-order chi connectivity index (χ1) is 22.1. The summed E-state index contributed by atoms with van der Waals surface area (Å²) in [5.41, 5.74) is 0. The fourth-order valence-corrected chi connectivity index (χ4v) is 5.60. The summed E-state index contributed by atoms with van der Waals surface area (Å²) in [5.74, 6) is -3.19. The fourth-order valence-electron chi connectivity index (χ4n) is 5.60. The van der Waals surface area contributed by atoms with E-state index < -0.39 is 84.0 Å². The lowest BCUT2D eigenvalue weighted by Gasteiger charge is -2.37. The zero-order valence-corrected chi connectivity index (χ0v) is 31.7. The standard InChI is InChI=1S/C34H63N7O7/c1-15-20(6)27-34(48)40(13)24(10)32(46)41(14)26(17-19(4)5)30(44)36-25(16-18(2)3)33(47)39(12)23(9)31(45)38(11)22(8)29(43)35-21(7)28(42)37-27/h18-28,37,42H,15-17H2,1-14H3,(H,35,43)(H,36,44)/t20-,21+,22+,23-,24-,25-,26-,27+,28?/m0/s1. The van der Waals surface area contributed by atoms with Gasteiger partial charge in [-0.1, -0.05) is 48.0 Å². The zero-order valence-electron chi connectivity index (χ0n) is 31.7. The van der Waals surface area contributed by atoms with Crippen molar-refractivity contribution in [1.82, 2.24) is 35.6 Å². The van der Waals surface area contributed by atoms with E-state index >= 15 is 0 Å². The van der Waals surface area contributed by atoms with Gasteiger partial charge in [-0.05, 0) is 58.3 Å². The second kappa shape index (κ2) is 18.5. The molecule has 14 nitrogen and oxygen atoms in total. The lowest BCUT2D eigenvalue weighted by atomic mass is 9.96. The average Bonchev–Trinajstić information content (AvgIpc) is 3.03. The normalized spacial score (nSPS) is 30.9. The topological polar surface area (TPSA) is 172 Å². The lowest BCUT2D eigenvalue weighted by molar-refractivity contribution is -0.150. The molecule has 1 aliphatic heterocycles. The van der Waals surface area contributed by atoms with Gasteiger partial charge >= 0.3 is 0 Å². The number of hydrogen-bond donors (Lipinski definition) is 4. The van der Waals surface area contributed by atoms with Crippen molar-refractivity contribution in [1.29, 1.82) is 0 Å². The van der Waals surface area contributed by atoms with Crippen LogP contribution in [0.15, 0.2) is 0 Å². The highest BCUT2D eigenvalue weighted by Crippen LogP contribution is 2.19. The third-order valence-electron chi connectivity index (χ3n) is 9.69. The number of nitrogens with zero attached hydrogens (tertiary/aromatic N) is 4. The Hall–Kier alpha value is -3.26. The average molecular weight is 682 g/mol. The summed E-state index contributed by atoms with van der Waals surface area (Å²) in [6.07, 6.45) is -0.178. The van der Waals surface area contributed by atoms with E-state index in [4.69, 9.17) is 0 Å². The Balaban J connectivity index is 3.76. The van der Waals surface area contributed by atoms with Gasteiger partial charge in [0.1, 0.15) is 36.4 Å². The first-order valence-corrected chi connectivity index (χ1v) is 17.2. The Morgan fingerprint density at radius 2 is 1.08 bits per heavy atom. The number of amides is 6. The van der Waals surface area contributed by atoms with Crippen molar-refractivity contribution in [2.75, 3.05) is 28.2 Å². The number of aliphatic hydroxyl groups excluding tert-OH is 1. The number of hydrogen-bond acceptors (Lipinski definition) is 8. The summed E-state index contributed by atoms with van der Waals surface area (Å²) in [5, 5.41) is 19.6. The van der Waals surface area contributed by atoms with Crippen LogP contribution in [0.2, 0.25) is 0 Å². The lowest BCUT2D eigenvalue weighted by Crippen LogP contribution is -2.61. The van der Waals surface area contributed by atoms with Crippen LogP contribution in [0.4, 0.5) is 0 Å². The third-order valence-corrected chi connectivity index (χ3v) is 9.69. The highest BCUT2D eigenvalue weighted by atomic mass is 16.3. The molecule has 1 heterocycles. The van der Waals surface area contributed by atoms with E-state index in [2.05, 4.69) is 16.0 Å². The van der Waals surface area contributed by atoms with Gasteiger partial charge in [-0.15, -0.1) is 0 Å². The highest BCUT2D eigenvalue weighted by Gasteiger charge is 2.39. The summed E-state index contributed by atoms with van der Waals surface area (Å²) < 4.78 is 0. The Bertz CT molecular complexity index is 1150. The van der Waals surface area contributed by atoms with Crippen LogP contribution in [-0.4, -0.2) is 137 Å². The van der Waals surface area contributed by atoms with E-state index in [-0.39, 0.29) is 24.2 Å². The number of rotatable bonds is 6. The van der Waals surface area contributed by atoms with Gasteiger partial charge < -0.3 is 35.3 Å². The minimum atomic E-state index is -1.35. The number of carbonyl (C=O) groups is 6. The van der Waals surface area contributed by atoms with Gasteiger partial charge in [-0.3, -0.25) is 34.1 Å². The van der Waals surface area contributed by atoms with Gasteiger partial charge in [-0.2, -0.15) is 0 Å². The first-order valence-electron chi connectivity index (χ1n) is 17.2. The Morgan fingerprint density at radius 1 is 0.625 bits per heavy atom. The molecule has 0 aromatic rings. The van der Waals surface area contributed by atoms with E-state index in [1.165, 1.54) is 54.7 Å². The molecule has 0 aromatic heterocycles. The molecule has 1 unspecified atom stereocenters. The quantitative estimate of drug-likeness (QED) is 0.319. The van der Waals surface area contributed by atoms with Gasteiger partial charge in [-0.25, -0.2) is 0 Å². The molecule has 0 bridgehead atoms. The van der Waals surface area contributed by atoms with Crippen molar-refractivity contribution in [3.05, 3.63) is 0 Å². The van der Waals surface area contributed by atoms with E-state index in [0.29, 0.717) is 12.8 Å². The van der Waals surface area contributed by atoms with Crippen LogP contribution in [0, 0.1) is 17.8 Å². The monoisotopic (exact) mass is 681 g/mol. The van der Waals surface area contributed by atoms with Crippen LogP contribution in [0.3, 0.4) is 0 Å². The largest absolute Gasteiger partial charge is 0.376 e. The zero-order chi connectivity index (χ0) is 37.4. The summed E-state index contributed by atoms with van der Waals surface area (Å²) in [7, 11) is 5.96. The number of likely N-dealkylation sites (N-methyl/N-ethyl adjacent to an activating group) is 4. The third kappa shape index (κ3) is 10.9. The van der Waals surface area contributed by atoms with Crippen molar-refractivity contribution in [3.8, 4) is 0 Å². The molecular formula is C34H63N7O7. The van der Waals surface area contributed by atoms with Crippen LogP contribution in [0.1, 0.15) is 88.5 Å². The molecule has 0 saturated carbocycles. The van der Waals surface area contributed by atoms with Gasteiger partial charge in [0.05, 0.1) is 12.1 Å². The molecule has 0 aromatic carbocycles. The molecule has 1 rings (SSSR count). The molecule has 276 valence electrons. The predicted octanol–water partition coefficient (Wildman–Crippen LogP) is 0.772. The van der Waals surface area contributed by atoms with Crippen molar-refractivity contribution in [2.45, 2.75) is 137 Å². The van der Waals surface area contributed by atoms with Gasteiger partial charge in [0.15, 0.2) is 0 Å². The van der Waals surface area contributed by atoms with Crippen molar-refractivity contribution in [3.63, 3.8) is 0 Å². The van der Waals surface area contributed by atoms with Crippen LogP contribution in [-0.2, 0) is 28.8 Å². The minimum Gasteiger partial charge on any atom is -0.376 e. The Morgan fingerprint density at radius 3 is 1.56 bits per heavy atom. The smallest absolute Gasteiger partial charge is 0.245 e. The second-order valence-corrected chi connectivity index (χ2v) is 14.4. The van der Waals surface area contributed by atoms with Crippen LogP contribution in [0.25, 0.3) is 0 Å². The maximum absolute atomic E-state index is 13.9. The number of nitrogens with one attached hydrogen (secondary N) is 3. The molecule has 0 radical (unpaired) electrons. The maximum atomic E-state index is 13.9. The molecule has 1 saturated heterocycles. The van der Waals surface area contributed by atoms with E-state index in [1.807, 2.05) is 41.5 Å². The SMILES string of the molecule is CC[C@H](C)[C@H]1NC(O)[C@@H](C)NC(=O)[C@@H](C)N(C)C(=O)[C@H](C)N(C)C(=O)[C@H](CC(C)C)NC(=O)[C@H](CC(C)C)N(C)C(=O)[C@H](C)N(C)C1=O. The fraction of sp³-hybridized carbons (Fsp3) is 0.824. The molecule has 1 fully saturated rings. The van der Waals surface area contributed by atoms with Crippen LogP contribution in [0.5, 0.6) is 0 Å².